The van der Waals surface area contributed by atoms with Crippen molar-refractivity contribution < 1.29 is 22.8 Å². The average molecular weight is 376 g/mol. The molecule has 1 heterocycles. The summed E-state index contributed by atoms with van der Waals surface area (Å²) in [5.74, 6) is -2.97. The highest BCUT2D eigenvalue weighted by atomic mass is 19.1. The number of nitrogens with zero attached hydrogens (tertiary/aromatic N) is 1. The molecule has 0 aromatic heterocycles. The maximum atomic E-state index is 13.6. The van der Waals surface area contributed by atoms with E-state index >= 15 is 0 Å². The molecular weight excluding hydrogens is 357 g/mol. The van der Waals surface area contributed by atoms with Crippen LogP contribution in [0.5, 0.6) is 0 Å². The Kier molecular flexibility index (Phi) is 5.78. The fraction of sp³-hybridized carbons (Fsp3) is 0.300. The van der Waals surface area contributed by atoms with E-state index in [0.717, 1.165) is 17.7 Å². The third-order valence-corrected chi connectivity index (χ3v) is 4.70. The highest BCUT2D eigenvalue weighted by Crippen LogP contribution is 2.23. The molecule has 1 aliphatic heterocycles. The molecule has 2 aromatic carbocycles. The largest absolute Gasteiger partial charge is 0.342 e. The second-order valence-electron chi connectivity index (χ2n) is 6.54. The number of piperidine rings is 1. The molecular formula is C20H19F3N2O2. The lowest BCUT2D eigenvalue weighted by atomic mass is 9.95. The Morgan fingerprint density at radius 3 is 2.15 bits per heavy atom. The van der Waals surface area contributed by atoms with Gasteiger partial charge in [0.15, 0.2) is 0 Å². The number of carbonyl (C=O) groups excluding carboxylic acids is 2. The standard InChI is InChI=1S/C20H19F3N2O2/c21-15-6-4-13(5-7-15)12-18(26)25-10-8-14(9-11-25)20(27)24-19-16(22)2-1-3-17(19)23/h1-7,14H,8-12H2,(H,24,27). The van der Waals surface area contributed by atoms with Gasteiger partial charge in [-0.3, -0.25) is 9.59 Å². The summed E-state index contributed by atoms with van der Waals surface area (Å²) in [4.78, 5) is 26.3. The molecule has 4 nitrogen and oxygen atoms in total. The van der Waals surface area contributed by atoms with E-state index < -0.39 is 29.1 Å². The number of likely N-dealkylation sites (tertiary alicyclic amines) is 1. The van der Waals surface area contributed by atoms with Gasteiger partial charge in [-0.25, -0.2) is 13.2 Å². The van der Waals surface area contributed by atoms with Crippen molar-refractivity contribution in [3.8, 4) is 0 Å². The van der Waals surface area contributed by atoms with E-state index in [2.05, 4.69) is 5.32 Å². The molecule has 0 saturated carbocycles. The third kappa shape index (κ3) is 4.67. The maximum Gasteiger partial charge on any atom is 0.227 e. The number of amides is 2. The van der Waals surface area contributed by atoms with Crippen molar-refractivity contribution in [2.24, 2.45) is 5.92 Å². The monoisotopic (exact) mass is 376 g/mol. The Morgan fingerprint density at radius 2 is 1.56 bits per heavy atom. The molecule has 2 amide bonds. The number of hydrogen-bond acceptors (Lipinski definition) is 2. The first-order valence-electron chi connectivity index (χ1n) is 8.71. The number of para-hydroxylation sites is 1. The lowest BCUT2D eigenvalue weighted by Gasteiger charge is -2.31. The first kappa shape index (κ1) is 18.9. The predicted molar refractivity (Wildman–Crippen MR) is 94.4 cm³/mol. The molecule has 0 radical (unpaired) electrons. The summed E-state index contributed by atoms with van der Waals surface area (Å²) in [6.07, 6.45) is 0.992. The summed E-state index contributed by atoms with van der Waals surface area (Å²) in [5, 5.41) is 2.31. The first-order chi connectivity index (χ1) is 12.9. The van der Waals surface area contributed by atoms with Crippen molar-refractivity contribution in [1.29, 1.82) is 0 Å². The molecule has 0 aliphatic carbocycles. The number of benzene rings is 2. The number of rotatable bonds is 4. The topological polar surface area (TPSA) is 49.4 Å². The Labute approximate surface area is 155 Å². The zero-order valence-corrected chi connectivity index (χ0v) is 14.6. The molecule has 0 spiro atoms. The summed E-state index contributed by atoms with van der Waals surface area (Å²) in [5.41, 5.74) is 0.272. The van der Waals surface area contributed by atoms with Gasteiger partial charge < -0.3 is 10.2 Å². The normalized spacial score (nSPS) is 14.9. The summed E-state index contributed by atoms with van der Waals surface area (Å²) < 4.78 is 40.2. The van der Waals surface area contributed by atoms with E-state index in [1.807, 2.05) is 0 Å². The average Bonchev–Trinajstić information content (AvgIpc) is 2.66. The van der Waals surface area contributed by atoms with Gasteiger partial charge in [0.25, 0.3) is 0 Å². The van der Waals surface area contributed by atoms with Crippen molar-refractivity contribution >= 4 is 17.5 Å². The molecule has 1 aliphatic rings. The van der Waals surface area contributed by atoms with Gasteiger partial charge in [-0.15, -0.1) is 0 Å². The smallest absolute Gasteiger partial charge is 0.227 e. The minimum Gasteiger partial charge on any atom is -0.342 e. The zero-order valence-electron chi connectivity index (χ0n) is 14.6. The van der Waals surface area contributed by atoms with Gasteiger partial charge in [0.05, 0.1) is 6.42 Å². The van der Waals surface area contributed by atoms with Crippen molar-refractivity contribution in [2.75, 3.05) is 18.4 Å². The van der Waals surface area contributed by atoms with Crippen LogP contribution >= 0.6 is 0 Å². The Balaban J connectivity index is 1.53. The molecule has 0 atom stereocenters. The van der Waals surface area contributed by atoms with Crippen molar-refractivity contribution in [3.63, 3.8) is 0 Å². The Bertz CT molecular complexity index is 811. The van der Waals surface area contributed by atoms with Crippen molar-refractivity contribution in [3.05, 3.63) is 65.5 Å². The van der Waals surface area contributed by atoms with Gasteiger partial charge >= 0.3 is 0 Å². The number of anilines is 1. The first-order valence-corrected chi connectivity index (χ1v) is 8.71. The molecule has 7 heteroatoms. The predicted octanol–water partition coefficient (Wildman–Crippen LogP) is 3.52. The van der Waals surface area contributed by atoms with Gasteiger partial charge in [0.1, 0.15) is 23.1 Å². The second-order valence-corrected chi connectivity index (χ2v) is 6.54. The van der Waals surface area contributed by atoms with E-state index in [9.17, 15) is 22.8 Å². The lowest BCUT2D eigenvalue weighted by molar-refractivity contribution is -0.133. The van der Waals surface area contributed by atoms with E-state index in [4.69, 9.17) is 0 Å². The van der Waals surface area contributed by atoms with Crippen LogP contribution in [0, 0.1) is 23.4 Å². The minimum absolute atomic E-state index is 0.0967. The summed E-state index contributed by atoms with van der Waals surface area (Å²) in [6, 6.07) is 9.13. The van der Waals surface area contributed by atoms with Crippen LogP contribution in [0.2, 0.25) is 0 Å². The van der Waals surface area contributed by atoms with Crippen molar-refractivity contribution in [1.82, 2.24) is 4.90 Å². The highest BCUT2D eigenvalue weighted by molar-refractivity contribution is 5.93. The highest BCUT2D eigenvalue weighted by Gasteiger charge is 2.28. The van der Waals surface area contributed by atoms with E-state index in [0.29, 0.717) is 25.9 Å². The van der Waals surface area contributed by atoms with Crippen LogP contribution < -0.4 is 5.32 Å². The third-order valence-electron chi connectivity index (χ3n) is 4.70. The van der Waals surface area contributed by atoms with Crippen molar-refractivity contribution in [2.45, 2.75) is 19.3 Å². The molecule has 0 bridgehead atoms. The fourth-order valence-electron chi connectivity index (χ4n) is 3.12. The summed E-state index contributed by atoms with van der Waals surface area (Å²) >= 11 is 0. The van der Waals surface area contributed by atoms with Crippen LogP contribution in [0.15, 0.2) is 42.5 Å². The molecule has 3 rings (SSSR count). The second kappa shape index (κ2) is 8.24. The van der Waals surface area contributed by atoms with E-state index in [1.54, 1.807) is 17.0 Å². The van der Waals surface area contributed by atoms with Crippen LogP contribution in [0.25, 0.3) is 0 Å². The lowest BCUT2D eigenvalue weighted by Crippen LogP contribution is -2.42. The molecule has 1 saturated heterocycles. The molecule has 0 unspecified atom stereocenters. The molecule has 27 heavy (non-hydrogen) atoms. The van der Waals surface area contributed by atoms with E-state index in [-0.39, 0.29) is 18.1 Å². The van der Waals surface area contributed by atoms with Crippen LogP contribution in [0.4, 0.5) is 18.9 Å². The number of hydrogen-bond donors (Lipinski definition) is 1. The van der Waals surface area contributed by atoms with E-state index in [1.165, 1.54) is 18.2 Å². The molecule has 142 valence electrons. The Hall–Kier alpha value is -2.83. The fourth-order valence-corrected chi connectivity index (χ4v) is 3.12. The minimum atomic E-state index is -0.824. The summed E-state index contributed by atoms with van der Waals surface area (Å²) in [7, 11) is 0. The molecule has 1 N–H and O–H groups in total. The number of carbonyl (C=O) groups is 2. The SMILES string of the molecule is O=C(Nc1c(F)cccc1F)C1CCN(C(=O)Cc2ccc(F)cc2)CC1. The molecule has 2 aromatic rings. The maximum absolute atomic E-state index is 13.6. The van der Waals surface area contributed by atoms with Crippen LogP contribution in [-0.2, 0) is 16.0 Å². The van der Waals surface area contributed by atoms with Gasteiger partial charge in [0, 0.05) is 19.0 Å². The van der Waals surface area contributed by atoms with Gasteiger partial charge in [-0.2, -0.15) is 0 Å². The van der Waals surface area contributed by atoms with Crippen LogP contribution in [-0.4, -0.2) is 29.8 Å². The molecule has 1 fully saturated rings. The number of halogens is 3. The van der Waals surface area contributed by atoms with Gasteiger partial charge in [-0.05, 0) is 42.7 Å². The van der Waals surface area contributed by atoms with Gasteiger partial charge in [0.2, 0.25) is 11.8 Å². The zero-order chi connectivity index (χ0) is 19.4. The number of nitrogens with one attached hydrogen (secondary N) is 1. The van der Waals surface area contributed by atoms with Gasteiger partial charge in [-0.1, -0.05) is 18.2 Å². The van der Waals surface area contributed by atoms with Crippen LogP contribution in [0.3, 0.4) is 0 Å². The Morgan fingerprint density at radius 1 is 0.963 bits per heavy atom. The quantitative estimate of drug-likeness (QED) is 0.888. The van der Waals surface area contributed by atoms with Crippen LogP contribution in [0.1, 0.15) is 18.4 Å². The summed E-state index contributed by atoms with van der Waals surface area (Å²) in [6.45, 7) is 0.774.